The van der Waals surface area contributed by atoms with E-state index in [1.807, 2.05) is 0 Å². The van der Waals surface area contributed by atoms with E-state index >= 15 is 0 Å². The summed E-state index contributed by atoms with van der Waals surface area (Å²) < 4.78 is 32.6. The Kier molecular flexibility index (Phi) is 4.64. The summed E-state index contributed by atoms with van der Waals surface area (Å²) in [4.78, 5) is 33.1. The molecule has 0 bridgehead atoms. The van der Waals surface area contributed by atoms with Crippen molar-refractivity contribution in [3.63, 3.8) is 0 Å². The van der Waals surface area contributed by atoms with E-state index in [2.05, 4.69) is 4.98 Å². The molecule has 6 nitrogen and oxygen atoms in total. The summed E-state index contributed by atoms with van der Waals surface area (Å²) in [5.41, 5.74) is -0.247. The maximum Gasteiger partial charge on any atom is 0.276 e. The number of amides is 2. The van der Waals surface area contributed by atoms with Gasteiger partial charge in [0.05, 0.1) is 5.41 Å². The molecule has 2 saturated heterocycles. The molecule has 0 N–H and O–H groups in total. The van der Waals surface area contributed by atoms with Gasteiger partial charge in [0.15, 0.2) is 23.7 Å². The third kappa shape index (κ3) is 3.06. The van der Waals surface area contributed by atoms with Gasteiger partial charge in [0.2, 0.25) is 5.91 Å². The van der Waals surface area contributed by atoms with Crippen molar-refractivity contribution in [2.45, 2.75) is 32.7 Å². The molecule has 2 aliphatic heterocycles. The average Bonchev–Trinajstić information content (AvgIpc) is 3.30. The number of carbonyl (C=O) groups excluding carboxylic acids is 2. The number of benzene rings is 1. The monoisotopic (exact) mass is 389 g/mol. The van der Waals surface area contributed by atoms with Gasteiger partial charge >= 0.3 is 0 Å². The van der Waals surface area contributed by atoms with E-state index in [1.165, 1.54) is 18.5 Å². The van der Waals surface area contributed by atoms with Gasteiger partial charge in [0.1, 0.15) is 5.76 Å². The van der Waals surface area contributed by atoms with Crippen LogP contribution in [0.3, 0.4) is 0 Å². The highest BCUT2D eigenvalue weighted by molar-refractivity contribution is 5.94. The largest absolute Gasteiger partial charge is 0.448 e. The number of halogens is 2. The molecule has 2 amide bonds. The second-order valence-electron chi connectivity index (χ2n) is 7.56. The second-order valence-corrected chi connectivity index (χ2v) is 7.56. The minimum atomic E-state index is -0.919. The van der Waals surface area contributed by atoms with Crippen molar-refractivity contribution >= 4 is 11.8 Å². The molecule has 1 atom stereocenters. The van der Waals surface area contributed by atoms with Crippen LogP contribution in [0.25, 0.3) is 0 Å². The number of carbonyl (C=O) groups is 2. The Hall–Kier alpha value is -2.77. The first-order valence-electron chi connectivity index (χ1n) is 9.33. The number of likely N-dealkylation sites (tertiary alicyclic amines) is 2. The van der Waals surface area contributed by atoms with Crippen molar-refractivity contribution in [3.8, 4) is 0 Å². The quantitative estimate of drug-likeness (QED) is 0.810. The molecule has 0 radical (unpaired) electrons. The topological polar surface area (TPSA) is 66.7 Å². The summed E-state index contributed by atoms with van der Waals surface area (Å²) in [6, 6.07) is 3.99. The number of piperidine rings is 1. The molecule has 1 aromatic heterocycles. The first-order chi connectivity index (χ1) is 13.4. The number of hydrogen-bond donors (Lipinski definition) is 0. The van der Waals surface area contributed by atoms with Crippen molar-refractivity contribution in [1.29, 1.82) is 0 Å². The third-order valence-electron chi connectivity index (χ3n) is 5.81. The van der Waals surface area contributed by atoms with E-state index in [0.717, 1.165) is 12.5 Å². The minimum Gasteiger partial charge on any atom is -0.448 e. The molecule has 2 aromatic rings. The summed E-state index contributed by atoms with van der Waals surface area (Å²) in [5, 5.41) is 0. The van der Waals surface area contributed by atoms with E-state index in [1.54, 1.807) is 16.7 Å². The van der Waals surface area contributed by atoms with Gasteiger partial charge in [-0.15, -0.1) is 0 Å². The lowest BCUT2D eigenvalue weighted by Gasteiger charge is -2.39. The fourth-order valence-electron chi connectivity index (χ4n) is 4.26. The van der Waals surface area contributed by atoms with Gasteiger partial charge in [-0.25, -0.2) is 13.8 Å². The predicted molar refractivity (Wildman–Crippen MR) is 95.2 cm³/mol. The van der Waals surface area contributed by atoms with E-state index < -0.39 is 17.0 Å². The highest BCUT2D eigenvalue weighted by Gasteiger charge is 2.49. The number of nitrogens with zero attached hydrogens (tertiary/aromatic N) is 3. The van der Waals surface area contributed by atoms with Crippen molar-refractivity contribution in [1.82, 2.24) is 14.8 Å². The molecule has 3 heterocycles. The summed E-state index contributed by atoms with van der Waals surface area (Å²) in [7, 11) is 0. The van der Waals surface area contributed by atoms with Gasteiger partial charge in [-0.2, -0.15) is 0 Å². The molecule has 1 aromatic carbocycles. The van der Waals surface area contributed by atoms with Crippen LogP contribution in [0.5, 0.6) is 0 Å². The third-order valence-corrected chi connectivity index (χ3v) is 5.81. The van der Waals surface area contributed by atoms with Gasteiger partial charge in [0, 0.05) is 31.7 Å². The van der Waals surface area contributed by atoms with Crippen molar-refractivity contribution in [3.05, 3.63) is 53.2 Å². The SMILES string of the molecule is Cc1ocnc1C(=O)N1CC[C@@]2(CCCN(Cc3cccc(F)c3F)C2=O)C1. The smallest absolute Gasteiger partial charge is 0.276 e. The van der Waals surface area contributed by atoms with Crippen LogP contribution in [-0.4, -0.2) is 46.2 Å². The van der Waals surface area contributed by atoms with E-state index in [-0.39, 0.29) is 29.6 Å². The minimum absolute atomic E-state index is 0.0283. The predicted octanol–water partition coefficient (Wildman–Crippen LogP) is 2.92. The lowest BCUT2D eigenvalue weighted by molar-refractivity contribution is -0.146. The van der Waals surface area contributed by atoms with Crippen molar-refractivity contribution in [2.75, 3.05) is 19.6 Å². The fourth-order valence-corrected chi connectivity index (χ4v) is 4.26. The number of rotatable bonds is 3. The molecule has 0 saturated carbocycles. The van der Waals surface area contributed by atoms with Gasteiger partial charge in [-0.3, -0.25) is 9.59 Å². The number of hydrogen-bond acceptors (Lipinski definition) is 4. The van der Waals surface area contributed by atoms with E-state index in [9.17, 15) is 18.4 Å². The van der Waals surface area contributed by atoms with E-state index in [0.29, 0.717) is 38.2 Å². The average molecular weight is 389 g/mol. The van der Waals surface area contributed by atoms with Crippen LogP contribution in [0.2, 0.25) is 0 Å². The summed E-state index contributed by atoms with van der Waals surface area (Å²) >= 11 is 0. The van der Waals surface area contributed by atoms with Crippen LogP contribution in [0.1, 0.15) is 41.1 Å². The Bertz CT molecular complexity index is 929. The first kappa shape index (κ1) is 18.6. The number of oxazole rings is 1. The molecule has 28 heavy (non-hydrogen) atoms. The summed E-state index contributed by atoms with van der Waals surface area (Å²) in [6.07, 6.45) is 3.22. The Morgan fingerprint density at radius 3 is 2.86 bits per heavy atom. The van der Waals surface area contributed by atoms with Crippen molar-refractivity contribution < 1.29 is 22.8 Å². The standard InChI is InChI=1S/C20H21F2N3O3/c1-13-17(23-12-28-13)18(26)25-9-7-20(11-25)6-3-8-24(19(20)27)10-14-4-2-5-15(21)16(14)22/h2,4-5,12H,3,6-11H2,1H3/t20-/m0/s1. The highest BCUT2D eigenvalue weighted by atomic mass is 19.2. The van der Waals surface area contributed by atoms with Gasteiger partial charge in [-0.05, 0) is 32.3 Å². The molecule has 4 rings (SSSR count). The maximum absolute atomic E-state index is 14.0. The Morgan fingerprint density at radius 1 is 1.29 bits per heavy atom. The zero-order valence-corrected chi connectivity index (χ0v) is 15.6. The second kappa shape index (κ2) is 7.00. The van der Waals surface area contributed by atoms with Crippen LogP contribution in [0.4, 0.5) is 8.78 Å². The Morgan fingerprint density at radius 2 is 2.11 bits per heavy atom. The summed E-state index contributed by atoms with van der Waals surface area (Å²) in [6.45, 7) is 2.96. The Labute approximate surface area is 161 Å². The normalized spacial score (nSPS) is 22.3. The zero-order chi connectivity index (χ0) is 19.9. The molecule has 0 aliphatic carbocycles. The van der Waals surface area contributed by atoms with Crippen LogP contribution >= 0.6 is 0 Å². The summed E-state index contributed by atoms with van der Waals surface area (Å²) in [5.74, 6) is -1.74. The number of aryl methyl sites for hydroxylation is 1. The highest BCUT2D eigenvalue weighted by Crippen LogP contribution is 2.41. The molecule has 0 unspecified atom stereocenters. The first-order valence-corrected chi connectivity index (χ1v) is 9.33. The molecular weight excluding hydrogens is 368 g/mol. The number of aromatic nitrogens is 1. The molecular formula is C20H21F2N3O3. The van der Waals surface area contributed by atoms with Crippen LogP contribution < -0.4 is 0 Å². The molecule has 2 fully saturated rings. The maximum atomic E-state index is 14.0. The van der Waals surface area contributed by atoms with Gasteiger partial charge in [0.25, 0.3) is 5.91 Å². The zero-order valence-electron chi connectivity index (χ0n) is 15.6. The molecule has 2 aliphatic rings. The Balaban J connectivity index is 1.51. The van der Waals surface area contributed by atoms with Crippen LogP contribution in [0, 0.1) is 24.0 Å². The molecule has 148 valence electrons. The van der Waals surface area contributed by atoms with Crippen molar-refractivity contribution in [2.24, 2.45) is 5.41 Å². The lowest BCUT2D eigenvalue weighted by atomic mass is 9.78. The molecule has 1 spiro atoms. The van der Waals surface area contributed by atoms with E-state index in [4.69, 9.17) is 4.42 Å². The lowest BCUT2D eigenvalue weighted by Crippen LogP contribution is -2.50. The molecule has 8 heteroatoms. The van der Waals surface area contributed by atoms with Crippen LogP contribution in [-0.2, 0) is 11.3 Å². The van der Waals surface area contributed by atoms with Gasteiger partial charge < -0.3 is 14.2 Å². The van der Waals surface area contributed by atoms with Crippen LogP contribution in [0.15, 0.2) is 29.0 Å². The fraction of sp³-hybridized carbons (Fsp3) is 0.450. The van der Waals surface area contributed by atoms with Gasteiger partial charge in [-0.1, -0.05) is 12.1 Å².